The molecule has 3 aromatic rings. The lowest BCUT2D eigenvalue weighted by Gasteiger charge is -2.31. The molecular weight excluding hydrogens is 419 g/mol. The van der Waals surface area contributed by atoms with Crippen molar-refractivity contribution in [3.8, 4) is 11.3 Å². The minimum absolute atomic E-state index is 0.112. The Hall–Kier alpha value is -2.31. The van der Waals surface area contributed by atoms with Crippen molar-refractivity contribution in [3.63, 3.8) is 0 Å². The molecule has 0 aliphatic carbocycles. The fraction of sp³-hybridized carbons (Fsp3) is 0.261. The van der Waals surface area contributed by atoms with Gasteiger partial charge in [-0.3, -0.25) is 0 Å². The molecular formula is C23H24Cl2N4O. The van der Waals surface area contributed by atoms with E-state index in [9.17, 15) is 5.11 Å². The summed E-state index contributed by atoms with van der Waals surface area (Å²) in [4.78, 5) is 7.06. The van der Waals surface area contributed by atoms with Crippen molar-refractivity contribution in [2.75, 3.05) is 43.0 Å². The van der Waals surface area contributed by atoms with Crippen molar-refractivity contribution in [2.24, 2.45) is 0 Å². The summed E-state index contributed by atoms with van der Waals surface area (Å²) < 4.78 is 0. The van der Waals surface area contributed by atoms with Gasteiger partial charge in [0, 0.05) is 49.7 Å². The summed E-state index contributed by atoms with van der Waals surface area (Å²) in [5.74, 6) is 0.702. The maximum Gasteiger partial charge on any atom is 0.131 e. The lowest BCUT2D eigenvalue weighted by atomic mass is 10.1. The first-order valence-electron chi connectivity index (χ1n) is 10.0. The Labute approximate surface area is 186 Å². The number of aromatic nitrogens is 1. The number of aliphatic hydroxyl groups is 1. The summed E-state index contributed by atoms with van der Waals surface area (Å²) in [5, 5.41) is 17.4. The van der Waals surface area contributed by atoms with Crippen LogP contribution >= 0.6 is 23.2 Å². The van der Waals surface area contributed by atoms with E-state index in [-0.39, 0.29) is 6.61 Å². The van der Waals surface area contributed by atoms with Gasteiger partial charge in [0.25, 0.3) is 0 Å². The lowest BCUT2D eigenvalue weighted by molar-refractivity contribution is 0.299. The molecule has 1 saturated heterocycles. The molecule has 30 heavy (non-hydrogen) atoms. The van der Waals surface area contributed by atoms with Gasteiger partial charge in [0.2, 0.25) is 0 Å². The Bertz CT molecular complexity index is 1000. The largest absolute Gasteiger partial charge is 0.396 e. The second-order valence-corrected chi connectivity index (χ2v) is 8.00. The summed E-state index contributed by atoms with van der Waals surface area (Å²) in [5.41, 5.74) is 4.66. The van der Waals surface area contributed by atoms with Crippen LogP contribution in [0.5, 0.6) is 0 Å². The van der Waals surface area contributed by atoms with Crippen molar-refractivity contribution >= 4 is 40.4 Å². The highest BCUT2D eigenvalue weighted by atomic mass is 35.5. The van der Waals surface area contributed by atoms with Gasteiger partial charge in [-0.05, 0) is 54.4 Å². The van der Waals surface area contributed by atoms with Crippen LogP contribution in [-0.2, 0) is 6.42 Å². The van der Waals surface area contributed by atoms with Gasteiger partial charge in [0.15, 0.2) is 0 Å². The van der Waals surface area contributed by atoms with Gasteiger partial charge in [0.1, 0.15) is 5.82 Å². The molecule has 3 N–H and O–H groups in total. The smallest absolute Gasteiger partial charge is 0.131 e. The summed E-state index contributed by atoms with van der Waals surface area (Å²) >= 11 is 12.7. The van der Waals surface area contributed by atoms with Gasteiger partial charge in [-0.2, -0.15) is 0 Å². The number of pyridine rings is 1. The van der Waals surface area contributed by atoms with E-state index in [2.05, 4.69) is 33.7 Å². The summed E-state index contributed by atoms with van der Waals surface area (Å²) in [6.45, 7) is 3.99. The zero-order valence-corrected chi connectivity index (χ0v) is 18.0. The molecule has 0 atom stereocenters. The van der Waals surface area contributed by atoms with Crippen molar-refractivity contribution in [1.82, 2.24) is 10.3 Å². The number of nitrogens with zero attached hydrogens (tertiary/aromatic N) is 2. The second kappa shape index (κ2) is 9.67. The van der Waals surface area contributed by atoms with Crippen LogP contribution in [0, 0.1) is 0 Å². The Kier molecular flexibility index (Phi) is 6.75. The molecule has 0 bridgehead atoms. The fourth-order valence-corrected chi connectivity index (χ4v) is 4.32. The van der Waals surface area contributed by atoms with Crippen LogP contribution in [-0.4, -0.2) is 42.9 Å². The molecule has 0 spiro atoms. The lowest BCUT2D eigenvalue weighted by Crippen LogP contribution is -2.43. The van der Waals surface area contributed by atoms with E-state index in [1.165, 1.54) is 5.69 Å². The van der Waals surface area contributed by atoms with Gasteiger partial charge >= 0.3 is 0 Å². The number of hydrogen-bond acceptors (Lipinski definition) is 5. The Morgan fingerprint density at radius 2 is 1.73 bits per heavy atom. The zero-order valence-electron chi connectivity index (χ0n) is 16.5. The van der Waals surface area contributed by atoms with E-state index in [1.807, 2.05) is 24.3 Å². The molecule has 0 amide bonds. The third-order valence-electron chi connectivity index (χ3n) is 5.16. The van der Waals surface area contributed by atoms with E-state index in [0.29, 0.717) is 28.0 Å². The summed E-state index contributed by atoms with van der Waals surface area (Å²) in [6.07, 6.45) is 0.609. The first kappa shape index (κ1) is 20.9. The van der Waals surface area contributed by atoms with Gasteiger partial charge in [-0.15, -0.1) is 0 Å². The van der Waals surface area contributed by atoms with E-state index >= 15 is 0 Å². The number of anilines is 3. The second-order valence-electron chi connectivity index (χ2n) is 7.18. The number of halogens is 2. The minimum atomic E-state index is 0.112. The predicted octanol–water partition coefficient (Wildman–Crippen LogP) is 4.74. The number of nitrogens with one attached hydrogen (secondary N) is 2. The topological polar surface area (TPSA) is 60.4 Å². The molecule has 4 rings (SSSR count). The highest BCUT2D eigenvalue weighted by Crippen LogP contribution is 2.34. The molecule has 5 nitrogen and oxygen atoms in total. The van der Waals surface area contributed by atoms with E-state index in [4.69, 9.17) is 28.2 Å². The number of hydrogen-bond donors (Lipinski definition) is 3. The Balaban J connectivity index is 1.60. The molecule has 1 fully saturated rings. The first-order valence-corrected chi connectivity index (χ1v) is 10.8. The summed E-state index contributed by atoms with van der Waals surface area (Å²) in [6, 6.07) is 17.4. The van der Waals surface area contributed by atoms with Gasteiger partial charge < -0.3 is 20.6 Å². The van der Waals surface area contributed by atoms with Crippen molar-refractivity contribution < 1.29 is 5.11 Å². The predicted molar refractivity (Wildman–Crippen MR) is 125 cm³/mol. The first-order chi connectivity index (χ1) is 14.7. The van der Waals surface area contributed by atoms with Crippen LogP contribution < -0.4 is 15.5 Å². The van der Waals surface area contributed by atoms with E-state index < -0.39 is 0 Å². The van der Waals surface area contributed by atoms with E-state index in [1.54, 1.807) is 12.1 Å². The monoisotopic (exact) mass is 442 g/mol. The molecule has 0 radical (unpaired) electrons. The maximum absolute atomic E-state index is 9.55. The third kappa shape index (κ3) is 4.71. The molecule has 7 heteroatoms. The van der Waals surface area contributed by atoms with Gasteiger partial charge in [-0.1, -0.05) is 35.3 Å². The Morgan fingerprint density at radius 3 is 2.47 bits per heavy atom. The Morgan fingerprint density at radius 1 is 1.00 bits per heavy atom. The van der Waals surface area contributed by atoms with Crippen LogP contribution in [0.3, 0.4) is 0 Å². The number of aliphatic hydroxyl groups excluding tert-OH is 1. The maximum atomic E-state index is 9.55. The zero-order chi connectivity index (χ0) is 20.9. The SMILES string of the molecule is OCCc1cc(Nc2cccc(-c3c(Cl)cccc3Cl)n2)ccc1N1CCNCC1. The van der Waals surface area contributed by atoms with Crippen molar-refractivity contribution in [3.05, 3.63) is 70.2 Å². The molecule has 156 valence electrons. The van der Waals surface area contributed by atoms with Crippen LogP contribution in [0.15, 0.2) is 54.6 Å². The summed E-state index contributed by atoms with van der Waals surface area (Å²) in [7, 11) is 0. The highest BCUT2D eigenvalue weighted by Gasteiger charge is 2.15. The molecule has 0 unspecified atom stereocenters. The standard InChI is InChI=1S/C23H24Cl2N4O/c24-18-3-1-4-19(25)23(18)20-5-2-6-22(28-20)27-17-7-8-21(16(15-17)9-14-30)29-12-10-26-11-13-29/h1-8,15,26,30H,9-14H2,(H,27,28). The molecule has 1 aromatic heterocycles. The molecule has 2 aromatic carbocycles. The third-order valence-corrected chi connectivity index (χ3v) is 5.79. The van der Waals surface area contributed by atoms with Crippen LogP contribution in [0.1, 0.15) is 5.56 Å². The van der Waals surface area contributed by atoms with Gasteiger partial charge in [0.05, 0.1) is 15.7 Å². The minimum Gasteiger partial charge on any atom is -0.396 e. The fourth-order valence-electron chi connectivity index (χ4n) is 3.73. The van der Waals surface area contributed by atoms with Crippen LogP contribution in [0.2, 0.25) is 10.0 Å². The highest BCUT2D eigenvalue weighted by molar-refractivity contribution is 6.39. The van der Waals surface area contributed by atoms with Crippen molar-refractivity contribution in [1.29, 1.82) is 0 Å². The number of benzene rings is 2. The molecule has 1 aliphatic heterocycles. The van der Waals surface area contributed by atoms with Gasteiger partial charge in [-0.25, -0.2) is 4.98 Å². The average molecular weight is 443 g/mol. The number of piperazine rings is 1. The van der Waals surface area contributed by atoms with Crippen LogP contribution in [0.25, 0.3) is 11.3 Å². The number of rotatable bonds is 6. The van der Waals surface area contributed by atoms with E-state index in [0.717, 1.165) is 43.0 Å². The molecule has 1 aliphatic rings. The molecule has 2 heterocycles. The van der Waals surface area contributed by atoms with Crippen molar-refractivity contribution in [2.45, 2.75) is 6.42 Å². The molecule has 0 saturated carbocycles. The normalized spacial score (nSPS) is 14.0. The van der Waals surface area contributed by atoms with Crippen LogP contribution in [0.4, 0.5) is 17.2 Å². The quantitative estimate of drug-likeness (QED) is 0.514. The average Bonchev–Trinajstić information content (AvgIpc) is 2.75.